The fraction of sp³-hybridized carbons (Fsp3) is 0.917. The summed E-state index contributed by atoms with van der Waals surface area (Å²) in [6, 6.07) is 0. The highest BCUT2D eigenvalue weighted by molar-refractivity contribution is 7.90. The molecule has 3 fully saturated rings. The monoisotopic (exact) mass is 304 g/mol. The molecule has 0 unspecified atom stereocenters. The number of hydrogen-bond donors (Lipinski definition) is 1. The summed E-state index contributed by atoms with van der Waals surface area (Å²) in [5.74, 6) is 0. The number of nitrogens with zero attached hydrogens (tertiary/aromatic N) is 1. The third-order valence-electron chi connectivity index (χ3n) is 3.95. The van der Waals surface area contributed by atoms with Gasteiger partial charge in [0.15, 0.2) is 0 Å². The van der Waals surface area contributed by atoms with Crippen LogP contribution in [-0.4, -0.2) is 61.6 Å². The van der Waals surface area contributed by atoms with Crippen LogP contribution >= 0.6 is 0 Å². The van der Waals surface area contributed by atoms with Crippen LogP contribution in [0.15, 0.2) is 0 Å². The number of carbonyl (C=O) groups is 1. The van der Waals surface area contributed by atoms with E-state index in [0.29, 0.717) is 13.0 Å². The SMILES string of the molecule is CC(C)(C)OC(=O)N1C[C@H]2C[C@@H]3[C@@](CNS3(=O)=O)(C1)O2. The molecule has 0 aliphatic carbocycles. The molecule has 0 aromatic carbocycles. The number of carbonyl (C=O) groups excluding carboxylic acids is 1. The Labute approximate surface area is 118 Å². The Morgan fingerprint density at radius 2 is 2.15 bits per heavy atom. The summed E-state index contributed by atoms with van der Waals surface area (Å²) in [5, 5.41) is -0.563. The van der Waals surface area contributed by atoms with E-state index in [1.54, 1.807) is 4.90 Å². The zero-order valence-electron chi connectivity index (χ0n) is 11.9. The number of amides is 1. The first-order valence-electron chi connectivity index (χ1n) is 6.76. The summed E-state index contributed by atoms with van der Waals surface area (Å²) in [6.45, 7) is 6.31. The fourth-order valence-electron chi connectivity index (χ4n) is 3.20. The van der Waals surface area contributed by atoms with E-state index in [1.807, 2.05) is 20.8 Å². The number of ether oxygens (including phenoxy) is 2. The lowest BCUT2D eigenvalue weighted by Crippen LogP contribution is -2.57. The lowest BCUT2D eigenvalue weighted by Gasteiger charge is -2.39. The van der Waals surface area contributed by atoms with Gasteiger partial charge in [-0.1, -0.05) is 0 Å². The van der Waals surface area contributed by atoms with Crippen LogP contribution in [0.25, 0.3) is 0 Å². The molecule has 1 N–H and O–H groups in total. The number of nitrogens with one attached hydrogen (secondary N) is 1. The summed E-state index contributed by atoms with van der Waals surface area (Å²) >= 11 is 0. The first kappa shape index (κ1) is 14.1. The van der Waals surface area contributed by atoms with Crippen LogP contribution in [0, 0.1) is 0 Å². The van der Waals surface area contributed by atoms with Gasteiger partial charge in [0, 0.05) is 6.54 Å². The predicted molar refractivity (Wildman–Crippen MR) is 70.7 cm³/mol. The van der Waals surface area contributed by atoms with Crippen molar-refractivity contribution in [2.24, 2.45) is 0 Å². The minimum absolute atomic E-state index is 0.224. The molecule has 20 heavy (non-hydrogen) atoms. The van der Waals surface area contributed by atoms with Crippen molar-refractivity contribution in [3.05, 3.63) is 0 Å². The van der Waals surface area contributed by atoms with E-state index in [0.717, 1.165) is 0 Å². The second-order valence-corrected chi connectivity index (χ2v) is 8.70. The van der Waals surface area contributed by atoms with E-state index >= 15 is 0 Å². The molecule has 0 aromatic heterocycles. The molecule has 3 aliphatic rings. The average molecular weight is 304 g/mol. The molecule has 3 heterocycles. The van der Waals surface area contributed by atoms with Crippen molar-refractivity contribution in [1.29, 1.82) is 0 Å². The minimum atomic E-state index is -3.33. The Kier molecular flexibility index (Phi) is 2.88. The molecule has 0 saturated carbocycles. The van der Waals surface area contributed by atoms with Crippen LogP contribution in [0.2, 0.25) is 0 Å². The zero-order valence-corrected chi connectivity index (χ0v) is 12.7. The standard InChI is InChI=1S/C12H20N2O5S/c1-11(2,3)19-10(15)14-5-8-4-9-12(7-14,18-8)6-13-20(9,16)17/h8-9,13H,4-7H2,1-3H3/t8-,9-,12-/m1/s1. The van der Waals surface area contributed by atoms with Crippen molar-refractivity contribution < 1.29 is 22.7 Å². The van der Waals surface area contributed by atoms with Crippen LogP contribution < -0.4 is 4.72 Å². The van der Waals surface area contributed by atoms with Gasteiger partial charge in [0.1, 0.15) is 16.5 Å². The second-order valence-electron chi connectivity index (χ2n) is 6.76. The van der Waals surface area contributed by atoms with E-state index < -0.39 is 32.6 Å². The first-order chi connectivity index (χ1) is 9.11. The largest absolute Gasteiger partial charge is 0.444 e. The van der Waals surface area contributed by atoms with Gasteiger partial charge in [-0.25, -0.2) is 17.9 Å². The maximum atomic E-state index is 12.2. The van der Waals surface area contributed by atoms with Gasteiger partial charge in [0.2, 0.25) is 10.0 Å². The van der Waals surface area contributed by atoms with Gasteiger partial charge in [0.25, 0.3) is 0 Å². The normalized spacial score (nSPS) is 38.6. The number of likely N-dealkylation sites (tertiary alicyclic amines) is 1. The molecular formula is C12H20N2O5S. The van der Waals surface area contributed by atoms with Crippen LogP contribution in [0.4, 0.5) is 4.79 Å². The smallest absolute Gasteiger partial charge is 0.410 e. The maximum Gasteiger partial charge on any atom is 0.410 e. The van der Waals surface area contributed by atoms with E-state index in [-0.39, 0.29) is 19.2 Å². The minimum Gasteiger partial charge on any atom is -0.444 e. The van der Waals surface area contributed by atoms with Crippen molar-refractivity contribution in [3.63, 3.8) is 0 Å². The summed E-state index contributed by atoms with van der Waals surface area (Å²) in [6.07, 6.45) is -0.192. The molecule has 3 aliphatic heterocycles. The number of rotatable bonds is 0. The quantitative estimate of drug-likeness (QED) is 0.684. The summed E-state index contributed by atoms with van der Waals surface area (Å²) in [4.78, 5) is 13.7. The predicted octanol–water partition coefficient (Wildman–Crippen LogP) is 0.0664. The Morgan fingerprint density at radius 3 is 2.80 bits per heavy atom. The highest BCUT2D eigenvalue weighted by Crippen LogP contribution is 2.43. The molecule has 3 atom stereocenters. The van der Waals surface area contributed by atoms with Crippen LogP contribution in [0.1, 0.15) is 27.2 Å². The number of sulfonamides is 1. The van der Waals surface area contributed by atoms with Gasteiger partial charge >= 0.3 is 6.09 Å². The molecule has 114 valence electrons. The van der Waals surface area contributed by atoms with Crippen LogP contribution in [-0.2, 0) is 19.5 Å². The summed E-state index contributed by atoms with van der Waals surface area (Å²) in [5.41, 5.74) is -1.37. The highest BCUT2D eigenvalue weighted by Gasteiger charge is 2.63. The van der Waals surface area contributed by atoms with Crippen LogP contribution in [0.5, 0.6) is 0 Å². The molecule has 3 rings (SSSR count). The van der Waals surface area contributed by atoms with Crippen molar-refractivity contribution >= 4 is 16.1 Å². The van der Waals surface area contributed by atoms with Crippen molar-refractivity contribution in [1.82, 2.24) is 9.62 Å². The summed E-state index contributed by atoms with van der Waals surface area (Å²) in [7, 11) is -3.33. The lowest BCUT2D eigenvalue weighted by molar-refractivity contribution is -0.101. The Hall–Kier alpha value is -0.860. The lowest BCUT2D eigenvalue weighted by atomic mass is 10.00. The molecule has 0 aromatic rings. The second kappa shape index (κ2) is 4.08. The molecule has 3 saturated heterocycles. The zero-order chi connectivity index (χ0) is 14.8. The maximum absolute atomic E-state index is 12.2. The van der Waals surface area contributed by atoms with Crippen molar-refractivity contribution in [2.75, 3.05) is 19.6 Å². The Balaban J connectivity index is 1.79. The van der Waals surface area contributed by atoms with Crippen molar-refractivity contribution in [3.8, 4) is 0 Å². The fourth-order valence-corrected chi connectivity index (χ4v) is 5.10. The first-order valence-corrected chi connectivity index (χ1v) is 8.30. The van der Waals surface area contributed by atoms with Gasteiger partial charge in [0.05, 0.1) is 19.2 Å². The summed E-state index contributed by atoms with van der Waals surface area (Å²) < 4.78 is 37.7. The number of fused-ring (bicyclic) bond motifs is 1. The molecule has 7 nitrogen and oxygen atoms in total. The molecule has 2 bridgehead atoms. The molecule has 8 heteroatoms. The van der Waals surface area contributed by atoms with Gasteiger partial charge in [-0.05, 0) is 27.2 Å². The van der Waals surface area contributed by atoms with Crippen molar-refractivity contribution in [2.45, 2.75) is 49.7 Å². The van der Waals surface area contributed by atoms with Crippen LogP contribution in [0.3, 0.4) is 0 Å². The molecule has 1 amide bonds. The number of hydrogen-bond acceptors (Lipinski definition) is 5. The average Bonchev–Trinajstić information content (AvgIpc) is 2.68. The van der Waals surface area contributed by atoms with E-state index in [2.05, 4.69) is 4.72 Å². The van der Waals surface area contributed by atoms with E-state index in [4.69, 9.17) is 9.47 Å². The Bertz CT molecular complexity index is 541. The topological polar surface area (TPSA) is 84.9 Å². The third kappa shape index (κ3) is 2.19. The molecule has 1 spiro atoms. The van der Waals surface area contributed by atoms with Gasteiger partial charge in [-0.15, -0.1) is 0 Å². The van der Waals surface area contributed by atoms with Gasteiger partial charge in [-0.2, -0.15) is 0 Å². The third-order valence-corrected chi connectivity index (χ3v) is 5.86. The molecule has 0 radical (unpaired) electrons. The Morgan fingerprint density at radius 1 is 1.45 bits per heavy atom. The number of morpholine rings is 1. The van der Waals surface area contributed by atoms with E-state index in [9.17, 15) is 13.2 Å². The molecular weight excluding hydrogens is 284 g/mol. The van der Waals surface area contributed by atoms with Gasteiger partial charge in [-0.3, -0.25) is 0 Å². The highest BCUT2D eigenvalue weighted by atomic mass is 32.2. The van der Waals surface area contributed by atoms with E-state index in [1.165, 1.54) is 0 Å². The van der Waals surface area contributed by atoms with Gasteiger partial charge < -0.3 is 14.4 Å².